The van der Waals surface area contributed by atoms with Gasteiger partial charge in [0.15, 0.2) is 0 Å². The lowest BCUT2D eigenvalue weighted by atomic mass is 9.89. The topological polar surface area (TPSA) is 55.8 Å². The van der Waals surface area contributed by atoms with Crippen molar-refractivity contribution in [2.45, 2.75) is 13.3 Å². The number of ether oxygens (including phenoxy) is 2. The summed E-state index contributed by atoms with van der Waals surface area (Å²) >= 11 is 0. The zero-order valence-corrected chi connectivity index (χ0v) is 7.21. The molecule has 12 heavy (non-hydrogen) atoms. The molecule has 0 amide bonds. The van der Waals surface area contributed by atoms with Gasteiger partial charge >= 0.3 is 5.97 Å². The van der Waals surface area contributed by atoms with E-state index in [0.717, 1.165) is 0 Å². The van der Waals surface area contributed by atoms with Gasteiger partial charge in [0.1, 0.15) is 5.41 Å². The van der Waals surface area contributed by atoms with E-state index in [4.69, 9.17) is 14.6 Å². The summed E-state index contributed by atoms with van der Waals surface area (Å²) < 4.78 is 10.2. The van der Waals surface area contributed by atoms with Crippen LogP contribution in [0.25, 0.3) is 0 Å². The standard InChI is InChI=1S/C8H14O4/c1-2-11-5-8(7(9)10)3-4-12-6-8/h2-6H2,1H3,(H,9,10). The van der Waals surface area contributed by atoms with E-state index in [1.807, 2.05) is 6.92 Å². The SMILES string of the molecule is CCOCC1(C(=O)O)CCOC1. The molecule has 0 aromatic heterocycles. The highest BCUT2D eigenvalue weighted by atomic mass is 16.5. The number of hydrogen-bond acceptors (Lipinski definition) is 3. The normalized spacial score (nSPS) is 29.1. The number of carbonyl (C=O) groups is 1. The molecule has 1 aliphatic rings. The molecule has 70 valence electrons. The van der Waals surface area contributed by atoms with Crippen LogP contribution in [0.15, 0.2) is 0 Å². The Morgan fingerprint density at radius 2 is 2.50 bits per heavy atom. The Bertz CT molecular complexity index is 160. The first kappa shape index (κ1) is 9.48. The Balaban J connectivity index is 2.53. The third kappa shape index (κ3) is 1.76. The van der Waals surface area contributed by atoms with E-state index in [1.165, 1.54) is 0 Å². The van der Waals surface area contributed by atoms with Crippen LogP contribution in [0.3, 0.4) is 0 Å². The zero-order valence-electron chi connectivity index (χ0n) is 7.21. The van der Waals surface area contributed by atoms with Crippen molar-refractivity contribution in [1.82, 2.24) is 0 Å². The van der Waals surface area contributed by atoms with Gasteiger partial charge in [-0.15, -0.1) is 0 Å². The Morgan fingerprint density at radius 1 is 1.75 bits per heavy atom. The van der Waals surface area contributed by atoms with Gasteiger partial charge in [-0.25, -0.2) is 0 Å². The van der Waals surface area contributed by atoms with Crippen LogP contribution in [0.1, 0.15) is 13.3 Å². The molecule has 0 spiro atoms. The van der Waals surface area contributed by atoms with Crippen molar-refractivity contribution in [2.24, 2.45) is 5.41 Å². The molecule has 1 aliphatic heterocycles. The van der Waals surface area contributed by atoms with E-state index in [2.05, 4.69) is 0 Å². The first-order valence-electron chi connectivity index (χ1n) is 4.10. The van der Waals surface area contributed by atoms with Crippen molar-refractivity contribution in [3.8, 4) is 0 Å². The summed E-state index contributed by atoms with van der Waals surface area (Å²) in [5.41, 5.74) is -0.782. The van der Waals surface area contributed by atoms with Gasteiger partial charge in [-0.05, 0) is 13.3 Å². The molecular weight excluding hydrogens is 160 g/mol. The second-order valence-corrected chi connectivity index (χ2v) is 3.03. The number of aliphatic carboxylic acids is 1. The zero-order chi connectivity index (χ0) is 9.03. The molecule has 1 rings (SSSR count). The minimum atomic E-state index is -0.812. The van der Waals surface area contributed by atoms with Crippen LogP contribution in [0.5, 0.6) is 0 Å². The van der Waals surface area contributed by atoms with Gasteiger partial charge in [-0.1, -0.05) is 0 Å². The number of carboxylic acids is 1. The largest absolute Gasteiger partial charge is 0.481 e. The van der Waals surface area contributed by atoms with Crippen molar-refractivity contribution < 1.29 is 19.4 Å². The van der Waals surface area contributed by atoms with Crippen molar-refractivity contribution in [3.05, 3.63) is 0 Å². The van der Waals surface area contributed by atoms with Crippen LogP contribution in [-0.4, -0.2) is 37.5 Å². The molecule has 1 unspecified atom stereocenters. The number of hydrogen-bond donors (Lipinski definition) is 1. The van der Waals surface area contributed by atoms with E-state index in [9.17, 15) is 4.79 Å². The average molecular weight is 174 g/mol. The predicted molar refractivity (Wildman–Crippen MR) is 42.0 cm³/mol. The minimum Gasteiger partial charge on any atom is -0.481 e. The van der Waals surface area contributed by atoms with Gasteiger partial charge in [-0.2, -0.15) is 0 Å². The van der Waals surface area contributed by atoms with Crippen LogP contribution in [0.4, 0.5) is 0 Å². The molecule has 1 fully saturated rings. The molecule has 4 nitrogen and oxygen atoms in total. The lowest BCUT2D eigenvalue weighted by molar-refractivity contribution is -0.152. The smallest absolute Gasteiger partial charge is 0.314 e. The number of carboxylic acid groups (broad SMARTS) is 1. The summed E-state index contributed by atoms with van der Waals surface area (Å²) in [5.74, 6) is -0.812. The fourth-order valence-corrected chi connectivity index (χ4v) is 1.25. The van der Waals surface area contributed by atoms with Gasteiger partial charge in [0.2, 0.25) is 0 Å². The Hall–Kier alpha value is -0.610. The maximum atomic E-state index is 10.9. The minimum absolute atomic E-state index is 0.263. The lowest BCUT2D eigenvalue weighted by Gasteiger charge is -2.20. The summed E-state index contributed by atoms with van der Waals surface area (Å²) in [5, 5.41) is 8.93. The van der Waals surface area contributed by atoms with E-state index < -0.39 is 11.4 Å². The van der Waals surface area contributed by atoms with Gasteiger partial charge in [0.05, 0.1) is 13.2 Å². The van der Waals surface area contributed by atoms with Crippen molar-refractivity contribution in [3.63, 3.8) is 0 Å². The Kier molecular flexibility index (Phi) is 3.05. The van der Waals surface area contributed by atoms with Crippen LogP contribution >= 0.6 is 0 Å². The molecular formula is C8H14O4. The molecule has 0 aromatic carbocycles. The van der Waals surface area contributed by atoms with Crippen LogP contribution in [0, 0.1) is 5.41 Å². The maximum Gasteiger partial charge on any atom is 0.314 e. The molecule has 1 heterocycles. The van der Waals surface area contributed by atoms with Crippen molar-refractivity contribution in [1.29, 1.82) is 0 Å². The number of rotatable bonds is 4. The van der Waals surface area contributed by atoms with Gasteiger partial charge < -0.3 is 14.6 Å². The third-order valence-electron chi connectivity index (χ3n) is 2.14. The molecule has 1 saturated heterocycles. The third-order valence-corrected chi connectivity index (χ3v) is 2.14. The fourth-order valence-electron chi connectivity index (χ4n) is 1.25. The van der Waals surface area contributed by atoms with Gasteiger partial charge in [0.25, 0.3) is 0 Å². The predicted octanol–water partition coefficient (Wildman–Crippen LogP) is 0.514. The van der Waals surface area contributed by atoms with Crippen LogP contribution in [0.2, 0.25) is 0 Å². The summed E-state index contributed by atoms with van der Waals surface area (Å²) in [6.45, 7) is 3.47. The van der Waals surface area contributed by atoms with E-state index in [0.29, 0.717) is 19.6 Å². The Labute approximate surface area is 71.5 Å². The van der Waals surface area contributed by atoms with Gasteiger partial charge in [-0.3, -0.25) is 4.79 Å². The maximum absolute atomic E-state index is 10.9. The van der Waals surface area contributed by atoms with Gasteiger partial charge in [0, 0.05) is 13.2 Å². The molecule has 0 saturated carbocycles. The molecule has 1 N–H and O–H groups in total. The van der Waals surface area contributed by atoms with Crippen molar-refractivity contribution >= 4 is 5.97 Å². The Morgan fingerprint density at radius 3 is 2.92 bits per heavy atom. The second-order valence-electron chi connectivity index (χ2n) is 3.03. The summed E-state index contributed by atoms with van der Waals surface area (Å²) in [6.07, 6.45) is 0.558. The first-order valence-corrected chi connectivity index (χ1v) is 4.10. The molecule has 4 heteroatoms. The quantitative estimate of drug-likeness (QED) is 0.674. The highest BCUT2D eigenvalue weighted by Gasteiger charge is 2.42. The fraction of sp³-hybridized carbons (Fsp3) is 0.875. The molecule has 0 aliphatic carbocycles. The van der Waals surface area contributed by atoms with E-state index in [1.54, 1.807) is 0 Å². The van der Waals surface area contributed by atoms with Crippen LogP contribution in [-0.2, 0) is 14.3 Å². The molecule has 0 radical (unpaired) electrons. The summed E-state index contributed by atoms with van der Waals surface area (Å²) in [4.78, 5) is 10.9. The monoisotopic (exact) mass is 174 g/mol. The summed E-state index contributed by atoms with van der Waals surface area (Å²) in [6, 6.07) is 0. The second kappa shape index (κ2) is 3.87. The lowest BCUT2D eigenvalue weighted by Crippen LogP contribution is -2.36. The van der Waals surface area contributed by atoms with E-state index >= 15 is 0 Å². The summed E-state index contributed by atoms with van der Waals surface area (Å²) in [7, 11) is 0. The molecule has 1 atom stereocenters. The highest BCUT2D eigenvalue weighted by Crippen LogP contribution is 2.29. The van der Waals surface area contributed by atoms with E-state index in [-0.39, 0.29) is 13.2 Å². The van der Waals surface area contributed by atoms with Crippen molar-refractivity contribution in [2.75, 3.05) is 26.4 Å². The molecule has 0 bridgehead atoms. The highest BCUT2D eigenvalue weighted by molar-refractivity contribution is 5.75. The first-order chi connectivity index (χ1) is 5.71. The average Bonchev–Trinajstić information content (AvgIpc) is 2.50. The van der Waals surface area contributed by atoms with Crippen LogP contribution < -0.4 is 0 Å². The molecule has 0 aromatic rings.